The van der Waals surface area contributed by atoms with Gasteiger partial charge >= 0.3 is 0 Å². The van der Waals surface area contributed by atoms with Crippen LogP contribution in [0.3, 0.4) is 0 Å². The molecule has 0 bridgehead atoms. The highest BCUT2D eigenvalue weighted by molar-refractivity contribution is 9.10. The average Bonchev–Trinajstić information content (AvgIpc) is 2.77. The summed E-state index contributed by atoms with van der Waals surface area (Å²) in [5.74, 6) is 0.0257. The number of nitrogens with one attached hydrogen (secondary N) is 1. The number of amides is 2. The van der Waals surface area contributed by atoms with Gasteiger partial charge in [-0.1, -0.05) is 60.1 Å². The van der Waals surface area contributed by atoms with E-state index in [1.54, 1.807) is 13.0 Å². The lowest BCUT2D eigenvalue weighted by atomic mass is 10.1. The molecule has 0 saturated carbocycles. The van der Waals surface area contributed by atoms with E-state index in [4.69, 9.17) is 16.3 Å². The van der Waals surface area contributed by atoms with Crippen LogP contribution in [0, 0.1) is 0 Å². The van der Waals surface area contributed by atoms with E-state index in [2.05, 4.69) is 21.2 Å². The van der Waals surface area contributed by atoms with Crippen molar-refractivity contribution in [3.63, 3.8) is 0 Å². The second-order valence-corrected chi connectivity index (χ2v) is 9.04. The average molecular weight is 518 g/mol. The van der Waals surface area contributed by atoms with E-state index >= 15 is 0 Å². The van der Waals surface area contributed by atoms with E-state index < -0.39 is 6.04 Å². The van der Waals surface area contributed by atoms with Crippen LogP contribution in [-0.4, -0.2) is 35.4 Å². The molecule has 1 unspecified atom stereocenters. The molecule has 0 aliphatic rings. The topological polar surface area (TPSA) is 58.6 Å². The number of benzene rings is 3. The van der Waals surface area contributed by atoms with Crippen molar-refractivity contribution < 1.29 is 14.3 Å². The summed E-state index contributed by atoms with van der Waals surface area (Å²) in [6.07, 6.45) is 0. The molecular weight excluding hydrogens is 492 g/mol. The molecule has 168 valence electrons. The Balaban J connectivity index is 1.80. The summed E-state index contributed by atoms with van der Waals surface area (Å²) in [5, 5.41) is 5.47. The maximum Gasteiger partial charge on any atom is 0.261 e. The van der Waals surface area contributed by atoms with Crippen molar-refractivity contribution in [3.05, 3.63) is 75.7 Å². The lowest BCUT2D eigenvalue weighted by Crippen LogP contribution is -2.50. The summed E-state index contributed by atoms with van der Waals surface area (Å²) in [4.78, 5) is 27.4. The molecule has 3 aromatic rings. The Kier molecular flexibility index (Phi) is 8.15. The summed E-state index contributed by atoms with van der Waals surface area (Å²) in [5.41, 5.74) is 0.763. The van der Waals surface area contributed by atoms with E-state index in [-0.39, 0.29) is 31.0 Å². The van der Waals surface area contributed by atoms with Crippen LogP contribution in [0.2, 0.25) is 5.02 Å². The maximum atomic E-state index is 13.2. The van der Waals surface area contributed by atoms with Crippen molar-refractivity contribution in [3.8, 4) is 5.75 Å². The highest BCUT2D eigenvalue weighted by Crippen LogP contribution is 2.33. The molecule has 0 spiro atoms. The Morgan fingerprint density at radius 3 is 2.44 bits per heavy atom. The summed E-state index contributed by atoms with van der Waals surface area (Å²) >= 11 is 9.89. The largest absolute Gasteiger partial charge is 0.483 e. The number of hydrogen-bond acceptors (Lipinski definition) is 3. The Morgan fingerprint density at radius 1 is 1.03 bits per heavy atom. The number of ether oxygens (including phenoxy) is 1. The van der Waals surface area contributed by atoms with Crippen LogP contribution in [0.15, 0.2) is 65.1 Å². The van der Waals surface area contributed by atoms with Gasteiger partial charge in [-0.15, -0.1) is 0 Å². The summed E-state index contributed by atoms with van der Waals surface area (Å²) in [6, 6.07) is 18.2. The van der Waals surface area contributed by atoms with Crippen molar-refractivity contribution in [2.45, 2.75) is 39.4 Å². The Hall–Kier alpha value is -2.57. The first-order valence-electron chi connectivity index (χ1n) is 10.4. The van der Waals surface area contributed by atoms with Crippen molar-refractivity contribution in [2.24, 2.45) is 0 Å². The minimum absolute atomic E-state index is 0.0352. The first-order chi connectivity index (χ1) is 15.3. The monoisotopic (exact) mass is 516 g/mol. The Bertz CT molecular complexity index is 1120. The molecule has 0 heterocycles. The van der Waals surface area contributed by atoms with Crippen LogP contribution in [0.25, 0.3) is 10.8 Å². The van der Waals surface area contributed by atoms with Gasteiger partial charge in [0.05, 0.1) is 4.47 Å². The lowest BCUT2D eigenvalue weighted by Gasteiger charge is -2.29. The molecule has 5 nitrogen and oxygen atoms in total. The van der Waals surface area contributed by atoms with Gasteiger partial charge in [0.2, 0.25) is 5.91 Å². The van der Waals surface area contributed by atoms with Crippen LogP contribution in [0.1, 0.15) is 26.3 Å². The molecule has 32 heavy (non-hydrogen) atoms. The third kappa shape index (κ3) is 5.81. The second-order valence-electron chi connectivity index (χ2n) is 7.84. The minimum Gasteiger partial charge on any atom is -0.483 e. The van der Waals surface area contributed by atoms with Crippen molar-refractivity contribution >= 4 is 50.1 Å². The third-order valence-corrected chi connectivity index (χ3v) is 6.26. The van der Waals surface area contributed by atoms with Crippen LogP contribution in [0.4, 0.5) is 0 Å². The molecule has 0 saturated heterocycles. The van der Waals surface area contributed by atoms with Gasteiger partial charge in [-0.05, 0) is 65.2 Å². The molecule has 0 aromatic heterocycles. The maximum absolute atomic E-state index is 13.2. The van der Waals surface area contributed by atoms with E-state index in [1.165, 1.54) is 4.90 Å². The number of hydrogen-bond donors (Lipinski definition) is 1. The van der Waals surface area contributed by atoms with Crippen molar-refractivity contribution in [2.75, 3.05) is 6.61 Å². The molecular formula is C25H26BrClN2O3. The number of nitrogens with zero attached hydrogens (tertiary/aromatic N) is 1. The molecule has 0 aliphatic heterocycles. The number of fused-ring (bicyclic) bond motifs is 1. The van der Waals surface area contributed by atoms with Crippen molar-refractivity contribution in [1.29, 1.82) is 0 Å². The van der Waals surface area contributed by atoms with Crippen LogP contribution < -0.4 is 10.1 Å². The number of carbonyl (C=O) groups is 2. The zero-order valence-corrected chi connectivity index (χ0v) is 20.6. The Morgan fingerprint density at radius 2 is 1.72 bits per heavy atom. The minimum atomic E-state index is -0.690. The van der Waals surface area contributed by atoms with Gasteiger partial charge in [0.1, 0.15) is 11.8 Å². The standard InChI is InChI=1S/C25H26BrClN2O3/c1-16(2)28-25(31)17(3)29(14-19-9-5-7-11-21(19)27)23(30)15-32-22-13-12-18-8-4-6-10-20(18)24(22)26/h4-13,16-17H,14-15H2,1-3H3,(H,28,31). The number of carbonyl (C=O) groups excluding carboxylic acids is 2. The zero-order valence-electron chi connectivity index (χ0n) is 18.3. The molecule has 3 rings (SSSR count). The summed E-state index contributed by atoms with van der Waals surface area (Å²) in [7, 11) is 0. The second kappa shape index (κ2) is 10.8. The quantitative estimate of drug-likeness (QED) is 0.425. The molecule has 0 aliphatic carbocycles. The van der Waals surface area contributed by atoms with Crippen LogP contribution in [-0.2, 0) is 16.1 Å². The van der Waals surface area contributed by atoms with Crippen LogP contribution >= 0.6 is 27.5 Å². The predicted octanol–water partition coefficient (Wildman–Crippen LogP) is 5.58. The highest BCUT2D eigenvalue weighted by atomic mass is 79.9. The molecule has 1 N–H and O–H groups in total. The highest BCUT2D eigenvalue weighted by Gasteiger charge is 2.27. The lowest BCUT2D eigenvalue weighted by molar-refractivity contribution is -0.142. The normalized spacial score (nSPS) is 11.9. The Labute approximate surface area is 201 Å². The fraction of sp³-hybridized carbons (Fsp3) is 0.280. The summed E-state index contributed by atoms with van der Waals surface area (Å²) < 4.78 is 6.65. The number of rotatable bonds is 8. The molecule has 0 radical (unpaired) electrons. The first kappa shape index (κ1) is 24.1. The molecule has 7 heteroatoms. The SMILES string of the molecule is CC(C)NC(=O)C(C)N(Cc1ccccc1Cl)C(=O)COc1ccc2ccccc2c1Br. The zero-order chi connectivity index (χ0) is 23.3. The van der Waals surface area contributed by atoms with E-state index in [9.17, 15) is 9.59 Å². The molecule has 0 fully saturated rings. The van der Waals surface area contributed by atoms with Gasteiger partial charge < -0.3 is 15.0 Å². The fourth-order valence-corrected chi connectivity index (χ4v) is 4.15. The van der Waals surface area contributed by atoms with Gasteiger partial charge in [0.25, 0.3) is 5.91 Å². The number of halogens is 2. The fourth-order valence-electron chi connectivity index (χ4n) is 3.35. The molecule has 1 atom stereocenters. The van der Waals surface area contributed by atoms with E-state index in [1.807, 2.05) is 68.4 Å². The third-order valence-electron chi connectivity index (χ3n) is 5.08. The van der Waals surface area contributed by atoms with Gasteiger partial charge in [-0.25, -0.2) is 0 Å². The van der Waals surface area contributed by atoms with E-state index in [0.29, 0.717) is 10.8 Å². The predicted molar refractivity (Wildman–Crippen MR) is 132 cm³/mol. The van der Waals surface area contributed by atoms with Crippen LogP contribution in [0.5, 0.6) is 5.75 Å². The summed E-state index contributed by atoms with van der Waals surface area (Å²) in [6.45, 7) is 5.46. The molecule has 3 aromatic carbocycles. The van der Waals surface area contributed by atoms with E-state index in [0.717, 1.165) is 20.8 Å². The van der Waals surface area contributed by atoms with Gasteiger partial charge in [-0.3, -0.25) is 9.59 Å². The smallest absolute Gasteiger partial charge is 0.261 e. The first-order valence-corrected chi connectivity index (χ1v) is 11.6. The van der Waals surface area contributed by atoms with Gasteiger partial charge in [0.15, 0.2) is 6.61 Å². The van der Waals surface area contributed by atoms with Gasteiger partial charge in [0, 0.05) is 17.6 Å². The van der Waals surface area contributed by atoms with Crippen molar-refractivity contribution in [1.82, 2.24) is 10.2 Å². The van der Waals surface area contributed by atoms with Gasteiger partial charge in [-0.2, -0.15) is 0 Å². The molecule has 2 amide bonds.